The Balaban J connectivity index is 2.59. The van der Waals surface area contributed by atoms with Crippen molar-refractivity contribution >= 4 is 9.84 Å². The SMILES string of the molecule is Cc1ccc(CS(=O)(=O)CCCC#N)cc1. The predicted octanol–water partition coefficient (Wildman–Crippen LogP) is 2.21. The zero-order valence-corrected chi connectivity index (χ0v) is 10.1. The van der Waals surface area contributed by atoms with Gasteiger partial charge in [-0.1, -0.05) is 29.8 Å². The summed E-state index contributed by atoms with van der Waals surface area (Å²) in [6.45, 7) is 1.96. The lowest BCUT2D eigenvalue weighted by atomic mass is 10.2. The summed E-state index contributed by atoms with van der Waals surface area (Å²) in [5.74, 6) is 0.160. The quantitative estimate of drug-likeness (QED) is 0.738. The van der Waals surface area contributed by atoms with Gasteiger partial charge in [0.2, 0.25) is 0 Å². The van der Waals surface area contributed by atoms with Gasteiger partial charge in [0.1, 0.15) is 0 Å². The Labute approximate surface area is 96.6 Å². The molecule has 3 nitrogen and oxygen atoms in total. The van der Waals surface area contributed by atoms with Crippen LogP contribution in [0, 0.1) is 18.3 Å². The first-order valence-electron chi connectivity index (χ1n) is 5.16. The second kappa shape index (κ2) is 5.66. The second-order valence-corrected chi connectivity index (χ2v) is 6.02. The lowest BCUT2D eigenvalue weighted by Crippen LogP contribution is -2.09. The summed E-state index contributed by atoms with van der Waals surface area (Å²) in [7, 11) is -3.07. The number of nitrogens with zero attached hydrogens (tertiary/aromatic N) is 1. The van der Waals surface area contributed by atoms with Gasteiger partial charge in [-0.3, -0.25) is 0 Å². The molecule has 1 aromatic carbocycles. The van der Waals surface area contributed by atoms with Crippen molar-refractivity contribution < 1.29 is 8.42 Å². The maximum atomic E-state index is 11.7. The molecule has 86 valence electrons. The molecule has 0 saturated carbocycles. The molecule has 0 radical (unpaired) electrons. The van der Waals surface area contributed by atoms with Gasteiger partial charge in [-0.25, -0.2) is 8.42 Å². The molecular formula is C12H15NO2S. The van der Waals surface area contributed by atoms with E-state index in [1.807, 2.05) is 37.3 Å². The van der Waals surface area contributed by atoms with E-state index < -0.39 is 9.84 Å². The number of benzene rings is 1. The number of sulfone groups is 1. The van der Waals surface area contributed by atoms with Gasteiger partial charge in [-0.15, -0.1) is 0 Å². The van der Waals surface area contributed by atoms with E-state index in [0.717, 1.165) is 11.1 Å². The van der Waals surface area contributed by atoms with E-state index in [1.165, 1.54) is 0 Å². The minimum absolute atomic E-state index is 0.0682. The van der Waals surface area contributed by atoms with Crippen molar-refractivity contribution in [2.24, 2.45) is 0 Å². The highest BCUT2D eigenvalue weighted by molar-refractivity contribution is 7.90. The van der Waals surface area contributed by atoms with Crippen molar-refractivity contribution in [2.45, 2.75) is 25.5 Å². The first-order valence-corrected chi connectivity index (χ1v) is 6.98. The molecule has 0 aliphatic rings. The van der Waals surface area contributed by atoms with Gasteiger partial charge < -0.3 is 0 Å². The van der Waals surface area contributed by atoms with Crippen LogP contribution in [0.2, 0.25) is 0 Å². The lowest BCUT2D eigenvalue weighted by molar-refractivity contribution is 0.593. The summed E-state index contributed by atoms with van der Waals surface area (Å²) in [6, 6.07) is 9.41. The summed E-state index contributed by atoms with van der Waals surface area (Å²) in [5, 5.41) is 8.34. The highest BCUT2D eigenvalue weighted by atomic mass is 32.2. The third kappa shape index (κ3) is 4.45. The van der Waals surface area contributed by atoms with Gasteiger partial charge >= 0.3 is 0 Å². The van der Waals surface area contributed by atoms with Crippen molar-refractivity contribution in [1.29, 1.82) is 5.26 Å². The van der Waals surface area contributed by atoms with Crippen LogP contribution in [0.3, 0.4) is 0 Å². The largest absolute Gasteiger partial charge is 0.228 e. The van der Waals surface area contributed by atoms with E-state index in [0.29, 0.717) is 12.8 Å². The van der Waals surface area contributed by atoms with Crippen molar-refractivity contribution in [3.63, 3.8) is 0 Å². The van der Waals surface area contributed by atoms with Crippen LogP contribution in [0.15, 0.2) is 24.3 Å². The fraction of sp³-hybridized carbons (Fsp3) is 0.417. The van der Waals surface area contributed by atoms with Gasteiger partial charge in [-0.2, -0.15) is 5.26 Å². The molecule has 0 unspecified atom stereocenters. The van der Waals surface area contributed by atoms with E-state index in [-0.39, 0.29) is 11.5 Å². The Morgan fingerprint density at radius 2 is 1.88 bits per heavy atom. The first-order chi connectivity index (χ1) is 7.53. The number of aryl methyl sites for hydroxylation is 1. The number of hydrogen-bond donors (Lipinski definition) is 0. The molecule has 1 aromatic rings. The van der Waals surface area contributed by atoms with Crippen LogP contribution in [-0.2, 0) is 15.6 Å². The topological polar surface area (TPSA) is 57.9 Å². The molecular weight excluding hydrogens is 222 g/mol. The monoisotopic (exact) mass is 237 g/mol. The molecule has 0 bridgehead atoms. The molecule has 0 aromatic heterocycles. The molecule has 1 rings (SSSR count). The molecule has 0 aliphatic carbocycles. The molecule has 4 heteroatoms. The van der Waals surface area contributed by atoms with Gasteiger partial charge in [0.25, 0.3) is 0 Å². The van der Waals surface area contributed by atoms with Gasteiger partial charge in [0, 0.05) is 6.42 Å². The van der Waals surface area contributed by atoms with Crippen molar-refractivity contribution in [2.75, 3.05) is 5.75 Å². The number of rotatable bonds is 5. The smallest absolute Gasteiger partial charge is 0.154 e. The van der Waals surface area contributed by atoms with Crippen LogP contribution < -0.4 is 0 Å². The number of hydrogen-bond acceptors (Lipinski definition) is 3. The zero-order valence-electron chi connectivity index (χ0n) is 9.31. The molecule has 0 amide bonds. The van der Waals surface area contributed by atoms with E-state index in [2.05, 4.69) is 0 Å². The summed E-state index contributed by atoms with van der Waals surface area (Å²) in [6.07, 6.45) is 0.720. The highest BCUT2D eigenvalue weighted by Crippen LogP contribution is 2.09. The van der Waals surface area contributed by atoms with Gasteiger partial charge in [0.05, 0.1) is 17.6 Å². The third-order valence-electron chi connectivity index (χ3n) is 2.25. The first kappa shape index (κ1) is 12.7. The van der Waals surface area contributed by atoms with Gasteiger partial charge in [0.15, 0.2) is 9.84 Å². The fourth-order valence-electron chi connectivity index (χ4n) is 1.38. The maximum absolute atomic E-state index is 11.7. The summed E-state index contributed by atoms with van der Waals surface area (Å²) in [4.78, 5) is 0. The molecule has 0 spiro atoms. The minimum atomic E-state index is -3.07. The molecule has 0 fully saturated rings. The van der Waals surface area contributed by atoms with Crippen molar-refractivity contribution in [3.8, 4) is 6.07 Å². The predicted molar refractivity (Wildman–Crippen MR) is 63.5 cm³/mol. The van der Waals surface area contributed by atoms with Crippen LogP contribution in [0.5, 0.6) is 0 Å². The average Bonchev–Trinajstić information content (AvgIpc) is 2.21. The van der Waals surface area contributed by atoms with Crippen LogP contribution in [-0.4, -0.2) is 14.2 Å². The Morgan fingerprint density at radius 1 is 1.25 bits per heavy atom. The second-order valence-electron chi connectivity index (χ2n) is 3.84. The normalized spacial score (nSPS) is 11.0. The van der Waals surface area contributed by atoms with E-state index in [1.54, 1.807) is 0 Å². The Kier molecular flexibility index (Phi) is 4.51. The summed E-state index contributed by atoms with van der Waals surface area (Å²) >= 11 is 0. The highest BCUT2D eigenvalue weighted by Gasteiger charge is 2.11. The Bertz CT molecular complexity index is 469. The van der Waals surface area contributed by atoms with Crippen LogP contribution in [0.25, 0.3) is 0 Å². The molecule has 0 atom stereocenters. The summed E-state index contributed by atoms with van der Waals surface area (Å²) < 4.78 is 23.3. The summed E-state index contributed by atoms with van der Waals surface area (Å²) in [5.41, 5.74) is 1.92. The van der Waals surface area contributed by atoms with Crippen LogP contribution >= 0.6 is 0 Å². The van der Waals surface area contributed by atoms with E-state index in [9.17, 15) is 8.42 Å². The number of nitriles is 1. The van der Waals surface area contributed by atoms with E-state index >= 15 is 0 Å². The third-order valence-corrected chi connectivity index (χ3v) is 3.93. The lowest BCUT2D eigenvalue weighted by Gasteiger charge is -2.03. The minimum Gasteiger partial charge on any atom is -0.228 e. The van der Waals surface area contributed by atoms with Gasteiger partial charge in [-0.05, 0) is 18.9 Å². The van der Waals surface area contributed by atoms with Crippen molar-refractivity contribution in [3.05, 3.63) is 35.4 Å². The van der Waals surface area contributed by atoms with Crippen molar-refractivity contribution in [1.82, 2.24) is 0 Å². The van der Waals surface area contributed by atoms with E-state index in [4.69, 9.17) is 5.26 Å². The molecule has 16 heavy (non-hydrogen) atoms. The molecule has 0 aliphatic heterocycles. The zero-order chi connectivity index (χ0) is 12.0. The molecule has 0 heterocycles. The van der Waals surface area contributed by atoms with Crippen LogP contribution in [0.4, 0.5) is 0 Å². The number of unbranched alkanes of at least 4 members (excludes halogenated alkanes) is 1. The molecule has 0 saturated heterocycles. The maximum Gasteiger partial charge on any atom is 0.154 e. The average molecular weight is 237 g/mol. The fourth-order valence-corrected chi connectivity index (χ4v) is 2.81. The Hall–Kier alpha value is -1.34. The Morgan fingerprint density at radius 3 is 2.44 bits per heavy atom. The molecule has 0 N–H and O–H groups in total. The van der Waals surface area contributed by atoms with Crippen LogP contribution in [0.1, 0.15) is 24.0 Å². The standard InChI is InChI=1S/C12H15NO2S/c1-11-4-6-12(7-5-11)10-16(14,15)9-3-2-8-13/h4-7H,2-3,9-10H2,1H3.